The standard InChI is InChI=1S/C18H17ClFNO5/c19-13-1-5-15(6-2-13)24-10-9-21-17(22)11-26-18(23)12-25-16-7-3-14(20)4-8-16/h1-8H,9-12H2,(H,21,22). The fourth-order valence-electron chi connectivity index (χ4n) is 1.80. The van der Waals surface area contributed by atoms with Crippen molar-refractivity contribution in [2.75, 3.05) is 26.4 Å². The van der Waals surface area contributed by atoms with Gasteiger partial charge in [-0.05, 0) is 48.5 Å². The highest BCUT2D eigenvalue weighted by Gasteiger charge is 2.08. The molecule has 6 nitrogen and oxygen atoms in total. The van der Waals surface area contributed by atoms with Gasteiger partial charge in [0.2, 0.25) is 0 Å². The molecular formula is C18H17ClFNO5. The fourth-order valence-corrected chi connectivity index (χ4v) is 1.93. The van der Waals surface area contributed by atoms with E-state index in [1.165, 1.54) is 24.3 Å². The minimum atomic E-state index is -0.707. The first-order chi connectivity index (χ1) is 12.5. The van der Waals surface area contributed by atoms with Crippen LogP contribution in [-0.2, 0) is 14.3 Å². The Balaban J connectivity index is 1.55. The molecule has 0 fully saturated rings. The zero-order chi connectivity index (χ0) is 18.8. The molecule has 0 spiro atoms. The van der Waals surface area contributed by atoms with Gasteiger partial charge < -0.3 is 19.5 Å². The zero-order valence-corrected chi connectivity index (χ0v) is 14.5. The van der Waals surface area contributed by atoms with E-state index < -0.39 is 24.3 Å². The van der Waals surface area contributed by atoms with Crippen molar-refractivity contribution < 1.29 is 28.2 Å². The van der Waals surface area contributed by atoms with Crippen molar-refractivity contribution in [1.29, 1.82) is 0 Å². The van der Waals surface area contributed by atoms with E-state index in [0.29, 0.717) is 16.5 Å². The maximum atomic E-state index is 12.7. The molecule has 1 amide bonds. The number of nitrogens with one attached hydrogen (secondary N) is 1. The monoisotopic (exact) mass is 381 g/mol. The molecule has 2 aromatic rings. The molecule has 0 bridgehead atoms. The van der Waals surface area contributed by atoms with Crippen LogP contribution in [-0.4, -0.2) is 38.2 Å². The maximum Gasteiger partial charge on any atom is 0.344 e. The number of halogens is 2. The highest BCUT2D eigenvalue weighted by atomic mass is 35.5. The topological polar surface area (TPSA) is 73.9 Å². The molecule has 0 radical (unpaired) electrons. The zero-order valence-electron chi connectivity index (χ0n) is 13.7. The van der Waals surface area contributed by atoms with Crippen LogP contribution in [0.1, 0.15) is 0 Å². The van der Waals surface area contributed by atoms with Gasteiger partial charge in [0, 0.05) is 5.02 Å². The van der Waals surface area contributed by atoms with Crippen molar-refractivity contribution in [3.63, 3.8) is 0 Å². The van der Waals surface area contributed by atoms with Gasteiger partial charge in [0.25, 0.3) is 5.91 Å². The quantitative estimate of drug-likeness (QED) is 0.534. The molecule has 0 saturated heterocycles. The lowest BCUT2D eigenvalue weighted by Gasteiger charge is -2.09. The van der Waals surface area contributed by atoms with Crippen LogP contribution in [0, 0.1) is 5.82 Å². The third kappa shape index (κ3) is 7.40. The maximum absolute atomic E-state index is 12.7. The van der Waals surface area contributed by atoms with Gasteiger partial charge in [-0.25, -0.2) is 9.18 Å². The Morgan fingerprint density at radius 3 is 2.23 bits per heavy atom. The van der Waals surface area contributed by atoms with Crippen LogP contribution in [0.5, 0.6) is 11.5 Å². The Bertz CT molecular complexity index is 721. The first-order valence-corrected chi connectivity index (χ1v) is 8.10. The Labute approximate surface area is 154 Å². The van der Waals surface area contributed by atoms with Gasteiger partial charge in [-0.2, -0.15) is 0 Å². The van der Waals surface area contributed by atoms with Crippen LogP contribution in [0.3, 0.4) is 0 Å². The molecule has 0 aromatic heterocycles. The number of hydrogen-bond acceptors (Lipinski definition) is 5. The summed E-state index contributed by atoms with van der Waals surface area (Å²) in [5.74, 6) is -0.612. The first kappa shape index (κ1) is 19.5. The second kappa shape index (κ2) is 10.2. The van der Waals surface area contributed by atoms with Crippen molar-refractivity contribution in [1.82, 2.24) is 5.32 Å². The minimum Gasteiger partial charge on any atom is -0.492 e. The summed E-state index contributed by atoms with van der Waals surface area (Å²) in [4.78, 5) is 23.1. The van der Waals surface area contributed by atoms with Crippen molar-refractivity contribution in [3.05, 3.63) is 59.4 Å². The van der Waals surface area contributed by atoms with Crippen LogP contribution >= 0.6 is 11.6 Å². The fraction of sp³-hybridized carbons (Fsp3) is 0.222. The second-order valence-electron chi connectivity index (χ2n) is 5.06. The lowest BCUT2D eigenvalue weighted by Crippen LogP contribution is -2.32. The highest BCUT2D eigenvalue weighted by molar-refractivity contribution is 6.30. The first-order valence-electron chi connectivity index (χ1n) is 7.72. The summed E-state index contributed by atoms with van der Waals surface area (Å²) in [6.07, 6.45) is 0. The molecule has 2 aromatic carbocycles. The number of hydrogen-bond donors (Lipinski definition) is 1. The van der Waals surface area contributed by atoms with Gasteiger partial charge in [0.05, 0.1) is 6.54 Å². The van der Waals surface area contributed by atoms with Gasteiger partial charge in [-0.15, -0.1) is 0 Å². The summed E-state index contributed by atoms with van der Waals surface area (Å²) in [7, 11) is 0. The van der Waals surface area contributed by atoms with Crippen molar-refractivity contribution >= 4 is 23.5 Å². The number of amides is 1. The summed E-state index contributed by atoms with van der Waals surface area (Å²) < 4.78 is 28.0. The van der Waals surface area contributed by atoms with E-state index in [0.717, 1.165) is 0 Å². The molecule has 0 heterocycles. The molecule has 0 aliphatic carbocycles. The molecule has 138 valence electrons. The molecule has 0 atom stereocenters. The van der Waals surface area contributed by atoms with E-state index in [2.05, 4.69) is 5.32 Å². The number of carbonyl (C=O) groups is 2. The third-order valence-corrected chi connectivity index (χ3v) is 3.29. The molecule has 26 heavy (non-hydrogen) atoms. The van der Waals surface area contributed by atoms with E-state index >= 15 is 0 Å². The average molecular weight is 382 g/mol. The highest BCUT2D eigenvalue weighted by Crippen LogP contribution is 2.15. The number of carbonyl (C=O) groups excluding carboxylic acids is 2. The SMILES string of the molecule is O=C(COC(=O)COc1ccc(F)cc1)NCCOc1ccc(Cl)cc1. The van der Waals surface area contributed by atoms with Gasteiger partial charge in [-0.3, -0.25) is 4.79 Å². The summed E-state index contributed by atoms with van der Waals surface area (Å²) in [5.41, 5.74) is 0. The molecular weight excluding hydrogens is 365 g/mol. The summed E-state index contributed by atoms with van der Waals surface area (Å²) in [5, 5.41) is 3.16. The van der Waals surface area contributed by atoms with E-state index in [4.69, 9.17) is 25.8 Å². The summed E-state index contributed by atoms with van der Waals surface area (Å²) >= 11 is 5.76. The van der Waals surface area contributed by atoms with E-state index in [1.54, 1.807) is 24.3 Å². The Hall–Kier alpha value is -2.80. The molecule has 0 unspecified atom stereocenters. The van der Waals surface area contributed by atoms with Crippen LogP contribution in [0.2, 0.25) is 5.02 Å². The van der Waals surface area contributed by atoms with Gasteiger partial charge in [-0.1, -0.05) is 11.6 Å². The number of rotatable bonds is 9. The Morgan fingerprint density at radius 2 is 1.54 bits per heavy atom. The predicted molar refractivity (Wildman–Crippen MR) is 92.8 cm³/mol. The summed E-state index contributed by atoms with van der Waals surface area (Å²) in [6, 6.07) is 12.0. The normalized spacial score (nSPS) is 10.1. The van der Waals surface area contributed by atoms with Crippen LogP contribution in [0.25, 0.3) is 0 Å². The average Bonchev–Trinajstić information content (AvgIpc) is 2.64. The molecule has 0 aliphatic rings. The minimum absolute atomic E-state index is 0.255. The molecule has 0 aliphatic heterocycles. The van der Waals surface area contributed by atoms with Crippen LogP contribution in [0.15, 0.2) is 48.5 Å². The van der Waals surface area contributed by atoms with Crippen molar-refractivity contribution in [2.45, 2.75) is 0 Å². The van der Waals surface area contributed by atoms with Gasteiger partial charge >= 0.3 is 5.97 Å². The lowest BCUT2D eigenvalue weighted by atomic mass is 10.3. The second-order valence-corrected chi connectivity index (χ2v) is 5.49. The predicted octanol–water partition coefficient (Wildman–Crippen LogP) is 2.60. The molecule has 8 heteroatoms. The van der Waals surface area contributed by atoms with Gasteiger partial charge in [0.15, 0.2) is 13.2 Å². The van der Waals surface area contributed by atoms with E-state index in [1.807, 2.05) is 0 Å². The third-order valence-electron chi connectivity index (χ3n) is 3.04. The van der Waals surface area contributed by atoms with E-state index in [-0.39, 0.29) is 19.8 Å². The van der Waals surface area contributed by atoms with E-state index in [9.17, 15) is 14.0 Å². The molecule has 0 saturated carbocycles. The molecule has 2 rings (SSSR count). The smallest absolute Gasteiger partial charge is 0.344 e. The Kier molecular flexibility index (Phi) is 7.70. The van der Waals surface area contributed by atoms with Crippen molar-refractivity contribution in [3.8, 4) is 11.5 Å². The number of ether oxygens (including phenoxy) is 3. The van der Waals surface area contributed by atoms with Crippen molar-refractivity contribution in [2.24, 2.45) is 0 Å². The van der Waals surface area contributed by atoms with Gasteiger partial charge in [0.1, 0.15) is 23.9 Å². The van der Waals surface area contributed by atoms with Crippen LogP contribution in [0.4, 0.5) is 4.39 Å². The largest absolute Gasteiger partial charge is 0.492 e. The number of benzene rings is 2. The van der Waals surface area contributed by atoms with Crippen LogP contribution < -0.4 is 14.8 Å². The molecule has 1 N–H and O–H groups in total. The number of esters is 1. The Morgan fingerprint density at radius 1 is 0.923 bits per heavy atom. The lowest BCUT2D eigenvalue weighted by molar-refractivity contribution is -0.150. The summed E-state index contributed by atoms with van der Waals surface area (Å²) in [6.45, 7) is -0.286.